The van der Waals surface area contributed by atoms with Crippen molar-refractivity contribution in [3.05, 3.63) is 58.3 Å². The van der Waals surface area contributed by atoms with Crippen molar-refractivity contribution in [2.24, 2.45) is 5.10 Å². The van der Waals surface area contributed by atoms with Crippen molar-refractivity contribution in [1.82, 2.24) is 10.4 Å². The summed E-state index contributed by atoms with van der Waals surface area (Å²) in [6.45, 7) is -0.493. The molecule has 0 fully saturated rings. The Kier molecular flexibility index (Phi) is 6.35. The maximum Gasteiger partial charge on any atom is 0.260 e. The van der Waals surface area contributed by atoms with E-state index in [1.807, 2.05) is 0 Å². The van der Waals surface area contributed by atoms with Gasteiger partial charge in [0.15, 0.2) is 0 Å². The summed E-state index contributed by atoms with van der Waals surface area (Å²) in [5.41, 5.74) is 3.11. The van der Waals surface area contributed by atoms with Gasteiger partial charge in [0.25, 0.3) is 5.91 Å². The number of hydrogen-bond donors (Lipinski definition) is 1. The van der Waals surface area contributed by atoms with Gasteiger partial charge in [0.1, 0.15) is 6.54 Å². The number of nitrogens with one attached hydrogen (secondary N) is 1. The molecule has 0 saturated carbocycles. The van der Waals surface area contributed by atoms with Crippen LogP contribution in [0.1, 0.15) is 5.56 Å². The van der Waals surface area contributed by atoms with Crippen LogP contribution in [-0.4, -0.2) is 38.3 Å². The fourth-order valence-electron chi connectivity index (χ4n) is 1.85. The number of aromatic nitrogens is 1. The van der Waals surface area contributed by atoms with E-state index in [4.69, 9.17) is 23.2 Å². The summed E-state index contributed by atoms with van der Waals surface area (Å²) in [6, 6.07) is 7.75. The van der Waals surface area contributed by atoms with Crippen molar-refractivity contribution in [2.75, 3.05) is 17.1 Å². The standard InChI is InChI=1S/C15H14Cl2N4O3S/c1-25(23,24)21(14-8-12(16)2-3-13(14)17)10-15(22)20-19-9-11-4-6-18-7-5-11/h2-9H,10H2,1H3,(H,20,22)/b19-9-. The molecule has 1 aromatic heterocycles. The second-order valence-corrected chi connectivity index (χ2v) is 7.69. The lowest BCUT2D eigenvalue weighted by molar-refractivity contribution is -0.119. The SMILES string of the molecule is CS(=O)(=O)N(CC(=O)N/N=C\c1ccncc1)c1cc(Cl)ccc1Cl. The van der Waals surface area contributed by atoms with Crippen LogP contribution < -0.4 is 9.73 Å². The van der Waals surface area contributed by atoms with Crippen molar-refractivity contribution < 1.29 is 13.2 Å². The van der Waals surface area contributed by atoms with Crippen molar-refractivity contribution in [3.8, 4) is 0 Å². The van der Waals surface area contributed by atoms with E-state index in [9.17, 15) is 13.2 Å². The van der Waals surface area contributed by atoms with Crippen LogP contribution in [0, 0.1) is 0 Å². The first kappa shape index (κ1) is 19.2. The maximum atomic E-state index is 12.0. The number of amides is 1. The first-order valence-corrected chi connectivity index (χ1v) is 9.52. The highest BCUT2D eigenvalue weighted by atomic mass is 35.5. The van der Waals surface area contributed by atoms with E-state index in [1.165, 1.54) is 24.4 Å². The third kappa shape index (κ3) is 5.70. The number of hydrazone groups is 1. The molecule has 10 heteroatoms. The molecule has 0 bridgehead atoms. The van der Waals surface area contributed by atoms with Gasteiger partial charge >= 0.3 is 0 Å². The van der Waals surface area contributed by atoms with Crippen molar-refractivity contribution in [3.63, 3.8) is 0 Å². The molecule has 2 rings (SSSR count). The van der Waals surface area contributed by atoms with Crippen molar-refractivity contribution >= 4 is 51.0 Å². The molecule has 0 aliphatic carbocycles. The van der Waals surface area contributed by atoms with Crippen LogP contribution in [0.4, 0.5) is 5.69 Å². The number of sulfonamides is 1. The van der Waals surface area contributed by atoms with Crippen molar-refractivity contribution in [2.45, 2.75) is 0 Å². The number of pyridine rings is 1. The largest absolute Gasteiger partial charge is 0.271 e. The second-order valence-electron chi connectivity index (χ2n) is 4.94. The Labute approximate surface area is 155 Å². The fourth-order valence-corrected chi connectivity index (χ4v) is 3.15. The highest BCUT2D eigenvalue weighted by Crippen LogP contribution is 2.30. The number of carbonyl (C=O) groups is 1. The maximum absolute atomic E-state index is 12.0. The molecule has 132 valence electrons. The van der Waals surface area contributed by atoms with Gasteiger partial charge in [-0.2, -0.15) is 5.10 Å². The van der Waals surface area contributed by atoms with Crippen LogP contribution >= 0.6 is 23.2 Å². The fraction of sp³-hybridized carbons (Fsp3) is 0.133. The zero-order valence-corrected chi connectivity index (χ0v) is 15.4. The first-order chi connectivity index (χ1) is 11.8. The number of rotatable bonds is 6. The lowest BCUT2D eigenvalue weighted by Gasteiger charge is -2.22. The van der Waals surface area contributed by atoms with Crippen LogP contribution in [0.5, 0.6) is 0 Å². The van der Waals surface area contributed by atoms with E-state index in [0.29, 0.717) is 5.02 Å². The smallest absolute Gasteiger partial charge is 0.260 e. The van der Waals surface area contributed by atoms with Crippen LogP contribution in [0.15, 0.2) is 47.8 Å². The quantitative estimate of drug-likeness (QED) is 0.594. The molecule has 7 nitrogen and oxygen atoms in total. The van der Waals surface area contributed by atoms with Crippen LogP contribution in [0.25, 0.3) is 0 Å². The molecular weight excluding hydrogens is 387 g/mol. The van der Waals surface area contributed by atoms with Crippen LogP contribution in [-0.2, 0) is 14.8 Å². The summed E-state index contributed by atoms with van der Waals surface area (Å²) in [7, 11) is -3.76. The summed E-state index contributed by atoms with van der Waals surface area (Å²) in [5, 5.41) is 4.23. The Morgan fingerprint density at radius 2 is 1.96 bits per heavy atom. The third-order valence-electron chi connectivity index (χ3n) is 2.97. The van der Waals surface area contributed by atoms with Gasteiger partial charge in [-0.15, -0.1) is 0 Å². The number of anilines is 1. The molecule has 0 unspecified atom stereocenters. The predicted octanol–water partition coefficient (Wildman–Crippen LogP) is 2.30. The molecule has 1 N–H and O–H groups in total. The highest BCUT2D eigenvalue weighted by molar-refractivity contribution is 7.92. The molecule has 0 aliphatic rings. The van der Waals surface area contributed by atoms with Gasteiger partial charge in [-0.3, -0.25) is 14.1 Å². The second kappa shape index (κ2) is 8.28. The normalized spacial score (nSPS) is 11.5. The molecule has 25 heavy (non-hydrogen) atoms. The van der Waals surface area contributed by atoms with Crippen LogP contribution in [0.3, 0.4) is 0 Å². The minimum absolute atomic E-state index is 0.116. The molecule has 0 saturated heterocycles. The van der Waals surface area contributed by atoms with E-state index in [2.05, 4.69) is 15.5 Å². The van der Waals surface area contributed by atoms with Crippen molar-refractivity contribution in [1.29, 1.82) is 0 Å². The summed E-state index contributed by atoms with van der Waals surface area (Å²) in [6.07, 6.45) is 5.54. The minimum Gasteiger partial charge on any atom is -0.271 e. The molecule has 1 aromatic carbocycles. The van der Waals surface area contributed by atoms with Crippen LogP contribution in [0.2, 0.25) is 10.0 Å². The number of hydrogen-bond acceptors (Lipinski definition) is 5. The number of nitrogens with zero attached hydrogens (tertiary/aromatic N) is 3. The van der Waals surface area contributed by atoms with Gasteiger partial charge in [-0.05, 0) is 35.9 Å². The van der Waals surface area contributed by atoms with E-state index >= 15 is 0 Å². The number of benzene rings is 1. The zero-order chi connectivity index (χ0) is 18.4. The minimum atomic E-state index is -3.76. The van der Waals surface area contributed by atoms with E-state index in [0.717, 1.165) is 16.1 Å². The van der Waals surface area contributed by atoms with Gasteiger partial charge < -0.3 is 0 Å². The Balaban J connectivity index is 2.14. The Morgan fingerprint density at radius 1 is 1.28 bits per heavy atom. The number of halogens is 2. The average molecular weight is 401 g/mol. The van der Waals surface area contributed by atoms with E-state index in [1.54, 1.807) is 24.5 Å². The lowest BCUT2D eigenvalue weighted by Crippen LogP contribution is -2.39. The molecule has 0 atom stereocenters. The van der Waals surface area contributed by atoms with Gasteiger partial charge in [-0.25, -0.2) is 13.8 Å². The Morgan fingerprint density at radius 3 is 2.60 bits per heavy atom. The molecule has 0 aliphatic heterocycles. The molecule has 0 spiro atoms. The van der Waals surface area contributed by atoms with E-state index < -0.39 is 22.5 Å². The summed E-state index contributed by atoms with van der Waals surface area (Å²) < 4.78 is 24.9. The molecule has 1 heterocycles. The zero-order valence-electron chi connectivity index (χ0n) is 13.1. The summed E-state index contributed by atoms with van der Waals surface area (Å²) >= 11 is 11.9. The number of carbonyl (C=O) groups excluding carboxylic acids is 1. The Bertz CT molecular complexity index is 889. The predicted molar refractivity (Wildman–Crippen MR) is 98.6 cm³/mol. The molecule has 2 aromatic rings. The Hall–Kier alpha value is -2.16. The van der Waals surface area contributed by atoms with Gasteiger partial charge in [0, 0.05) is 17.4 Å². The van der Waals surface area contributed by atoms with Gasteiger partial charge in [0.05, 0.1) is 23.2 Å². The summed E-state index contributed by atoms with van der Waals surface area (Å²) in [5.74, 6) is -0.633. The third-order valence-corrected chi connectivity index (χ3v) is 4.65. The summed E-state index contributed by atoms with van der Waals surface area (Å²) in [4.78, 5) is 15.9. The van der Waals surface area contributed by atoms with E-state index in [-0.39, 0.29) is 10.7 Å². The van der Waals surface area contributed by atoms with Gasteiger partial charge in [0.2, 0.25) is 10.0 Å². The van der Waals surface area contributed by atoms with Gasteiger partial charge in [-0.1, -0.05) is 23.2 Å². The lowest BCUT2D eigenvalue weighted by atomic mass is 10.3. The molecular formula is C15H14Cl2N4O3S. The first-order valence-electron chi connectivity index (χ1n) is 6.92. The monoisotopic (exact) mass is 400 g/mol. The molecule has 0 radical (unpaired) electrons. The molecule has 1 amide bonds. The highest BCUT2D eigenvalue weighted by Gasteiger charge is 2.23. The topological polar surface area (TPSA) is 91.7 Å². The average Bonchev–Trinajstić information content (AvgIpc) is 2.55.